The minimum Gasteiger partial charge on any atom is -0.490 e. The summed E-state index contributed by atoms with van der Waals surface area (Å²) in [5.41, 5.74) is 5.40. The van der Waals surface area contributed by atoms with Crippen LogP contribution in [-0.4, -0.2) is 30.4 Å². The molecule has 31 heavy (non-hydrogen) atoms. The Labute approximate surface area is 181 Å². The zero-order valence-corrected chi connectivity index (χ0v) is 18.9. The van der Waals surface area contributed by atoms with Crippen molar-refractivity contribution in [1.29, 1.82) is 0 Å². The quantitative estimate of drug-likeness (QED) is 0.203. The first kappa shape index (κ1) is 23.8. The van der Waals surface area contributed by atoms with Gasteiger partial charge in [0.25, 0.3) is 0 Å². The van der Waals surface area contributed by atoms with Gasteiger partial charge < -0.3 is 9.47 Å². The molecular formula is C24H27NO6. The number of hydrogen-bond acceptors (Lipinski definition) is 6. The van der Waals surface area contributed by atoms with Crippen LogP contribution in [0.4, 0.5) is 5.69 Å². The minimum atomic E-state index is -0.555. The number of ketones is 1. The Balaban J connectivity index is 2.91. The zero-order valence-electron chi connectivity index (χ0n) is 18.9. The first-order valence-electron chi connectivity index (χ1n) is 9.87. The summed E-state index contributed by atoms with van der Waals surface area (Å²) >= 11 is 0. The highest BCUT2D eigenvalue weighted by molar-refractivity contribution is 6.01. The highest BCUT2D eigenvalue weighted by atomic mass is 16.6. The van der Waals surface area contributed by atoms with Crippen LogP contribution < -0.4 is 4.74 Å². The van der Waals surface area contributed by atoms with E-state index in [-0.39, 0.29) is 23.8 Å². The van der Waals surface area contributed by atoms with Gasteiger partial charge in [-0.05, 0) is 86.6 Å². The number of Topliss-reactive ketones (excluding diaryl/α,β-unsaturated/α-hetero) is 1. The number of methoxy groups -OCH3 is 1. The van der Waals surface area contributed by atoms with Crippen LogP contribution in [0.3, 0.4) is 0 Å². The fourth-order valence-electron chi connectivity index (χ4n) is 3.85. The van der Waals surface area contributed by atoms with E-state index in [9.17, 15) is 19.7 Å². The predicted octanol–water partition coefficient (Wildman–Crippen LogP) is 5.03. The maximum absolute atomic E-state index is 12.4. The van der Waals surface area contributed by atoms with E-state index in [1.54, 1.807) is 13.0 Å². The molecule has 2 aromatic carbocycles. The van der Waals surface area contributed by atoms with Crippen molar-refractivity contribution in [1.82, 2.24) is 0 Å². The molecule has 0 aromatic heterocycles. The Morgan fingerprint density at radius 1 is 1.03 bits per heavy atom. The molecule has 0 aliphatic carbocycles. The third-order valence-corrected chi connectivity index (χ3v) is 5.48. The lowest BCUT2D eigenvalue weighted by Gasteiger charge is -2.21. The monoisotopic (exact) mass is 425 g/mol. The Morgan fingerprint density at radius 3 is 2.03 bits per heavy atom. The van der Waals surface area contributed by atoms with Gasteiger partial charge in [0.05, 0.1) is 18.6 Å². The second-order valence-corrected chi connectivity index (χ2v) is 7.26. The number of esters is 1. The van der Waals surface area contributed by atoms with E-state index in [0.717, 1.165) is 27.8 Å². The molecule has 0 aliphatic rings. The van der Waals surface area contributed by atoms with Crippen LogP contribution in [-0.2, 0) is 9.53 Å². The maximum Gasteiger partial charge on any atom is 0.331 e. The zero-order chi connectivity index (χ0) is 23.5. The normalized spacial score (nSPS) is 11.3. The third kappa shape index (κ3) is 4.66. The number of nitro groups is 1. The van der Waals surface area contributed by atoms with Gasteiger partial charge in [-0.2, -0.15) is 0 Å². The summed E-state index contributed by atoms with van der Waals surface area (Å²) in [6, 6.07) is 4.55. The van der Waals surface area contributed by atoms with Crippen LogP contribution in [0.5, 0.6) is 5.75 Å². The molecule has 0 heterocycles. The van der Waals surface area contributed by atoms with Gasteiger partial charge in [0.1, 0.15) is 0 Å². The highest BCUT2D eigenvalue weighted by Gasteiger charge is 2.23. The average molecular weight is 425 g/mol. The number of nitro benzene ring substituents is 1. The lowest BCUT2D eigenvalue weighted by atomic mass is 9.82. The molecule has 0 bridgehead atoms. The molecule has 0 aliphatic heterocycles. The Hall–Kier alpha value is -3.48. The number of benzene rings is 2. The lowest BCUT2D eigenvalue weighted by Crippen LogP contribution is -2.10. The summed E-state index contributed by atoms with van der Waals surface area (Å²) in [6.45, 7) is 10.9. The SMILES string of the molecule is CCOC(=O)/C=C(\c1ccc(OC)c([N+](=O)[O-])c1)c1c(C)c(C)c(C(C)=O)c(C)c1C. The van der Waals surface area contributed by atoms with Gasteiger partial charge in [-0.15, -0.1) is 0 Å². The van der Waals surface area contributed by atoms with Gasteiger partial charge in [0.2, 0.25) is 0 Å². The molecule has 0 fully saturated rings. The highest BCUT2D eigenvalue weighted by Crippen LogP contribution is 2.38. The Morgan fingerprint density at radius 2 is 1.58 bits per heavy atom. The van der Waals surface area contributed by atoms with Crippen molar-refractivity contribution in [2.75, 3.05) is 13.7 Å². The minimum absolute atomic E-state index is 0.0382. The number of carbonyl (C=O) groups excluding carboxylic acids is 2. The van der Waals surface area contributed by atoms with Crippen LogP contribution in [0.25, 0.3) is 5.57 Å². The molecule has 164 valence electrons. The van der Waals surface area contributed by atoms with Crippen LogP contribution in [0.15, 0.2) is 24.3 Å². The predicted molar refractivity (Wildman–Crippen MR) is 119 cm³/mol. The molecule has 0 amide bonds. The molecule has 0 unspecified atom stereocenters. The number of hydrogen-bond donors (Lipinski definition) is 0. The maximum atomic E-state index is 12.4. The topological polar surface area (TPSA) is 95.7 Å². The Bertz CT molecular complexity index is 1070. The van der Waals surface area contributed by atoms with Crippen LogP contribution in [0, 0.1) is 37.8 Å². The molecule has 0 atom stereocenters. The summed E-state index contributed by atoms with van der Waals surface area (Å²) < 4.78 is 10.2. The van der Waals surface area contributed by atoms with Crippen LogP contribution >= 0.6 is 0 Å². The average Bonchev–Trinajstić information content (AvgIpc) is 2.71. The fraction of sp³-hybridized carbons (Fsp3) is 0.333. The van der Waals surface area contributed by atoms with Crippen molar-refractivity contribution < 1.29 is 24.0 Å². The Kier molecular flexibility index (Phi) is 7.33. The molecule has 7 heteroatoms. The summed E-state index contributed by atoms with van der Waals surface area (Å²) in [6.07, 6.45) is 1.34. The van der Waals surface area contributed by atoms with E-state index >= 15 is 0 Å². The van der Waals surface area contributed by atoms with Gasteiger partial charge in [-0.1, -0.05) is 6.07 Å². The summed E-state index contributed by atoms with van der Waals surface area (Å²) in [5, 5.41) is 11.6. The number of carbonyl (C=O) groups is 2. The molecule has 0 spiro atoms. The van der Waals surface area contributed by atoms with E-state index in [4.69, 9.17) is 9.47 Å². The van der Waals surface area contributed by atoms with Gasteiger partial charge in [0.15, 0.2) is 11.5 Å². The first-order valence-corrected chi connectivity index (χ1v) is 9.87. The molecule has 0 saturated carbocycles. The van der Waals surface area contributed by atoms with E-state index in [1.807, 2.05) is 27.7 Å². The largest absolute Gasteiger partial charge is 0.490 e. The van der Waals surface area contributed by atoms with Crippen molar-refractivity contribution in [3.8, 4) is 5.75 Å². The summed E-state index contributed by atoms with van der Waals surface area (Å²) in [7, 11) is 1.36. The summed E-state index contributed by atoms with van der Waals surface area (Å²) in [5.74, 6) is -0.471. The first-order chi connectivity index (χ1) is 14.5. The van der Waals surface area contributed by atoms with Gasteiger partial charge in [-0.25, -0.2) is 4.79 Å². The molecule has 2 rings (SSSR count). The second-order valence-electron chi connectivity index (χ2n) is 7.26. The standard InChI is InChI=1S/C24H27NO6/c1-8-31-22(27)12-19(18-9-10-21(30-7)20(11-18)25(28)29)24-15(4)13(2)23(17(6)26)14(3)16(24)5/h9-12H,8H2,1-7H3/b19-12+. The molecule has 0 radical (unpaired) electrons. The molecule has 0 N–H and O–H groups in total. The van der Waals surface area contributed by atoms with Gasteiger partial charge in [0, 0.05) is 17.7 Å². The molecular weight excluding hydrogens is 398 g/mol. The van der Waals surface area contributed by atoms with E-state index in [0.29, 0.717) is 16.7 Å². The molecule has 7 nitrogen and oxygen atoms in total. The van der Waals surface area contributed by atoms with Crippen molar-refractivity contribution in [3.63, 3.8) is 0 Å². The summed E-state index contributed by atoms with van der Waals surface area (Å²) in [4.78, 5) is 35.6. The van der Waals surface area contributed by atoms with Crippen molar-refractivity contribution in [3.05, 3.63) is 73.3 Å². The number of rotatable bonds is 7. The van der Waals surface area contributed by atoms with Crippen LogP contribution in [0.1, 0.15) is 57.6 Å². The van der Waals surface area contributed by atoms with Crippen molar-refractivity contribution in [2.24, 2.45) is 0 Å². The van der Waals surface area contributed by atoms with E-state index in [1.165, 1.54) is 32.2 Å². The van der Waals surface area contributed by atoms with Crippen molar-refractivity contribution >= 4 is 23.0 Å². The van der Waals surface area contributed by atoms with Crippen molar-refractivity contribution in [2.45, 2.75) is 41.5 Å². The van der Waals surface area contributed by atoms with E-state index in [2.05, 4.69) is 0 Å². The van der Waals surface area contributed by atoms with Gasteiger partial charge in [-0.3, -0.25) is 14.9 Å². The number of nitrogens with zero attached hydrogens (tertiary/aromatic N) is 1. The smallest absolute Gasteiger partial charge is 0.331 e. The third-order valence-electron chi connectivity index (χ3n) is 5.48. The van der Waals surface area contributed by atoms with E-state index < -0.39 is 10.9 Å². The number of ether oxygens (including phenoxy) is 2. The molecule has 0 saturated heterocycles. The van der Waals surface area contributed by atoms with Gasteiger partial charge >= 0.3 is 11.7 Å². The molecule has 2 aromatic rings. The lowest BCUT2D eigenvalue weighted by molar-refractivity contribution is -0.385. The van der Waals surface area contributed by atoms with Crippen LogP contribution in [0.2, 0.25) is 0 Å². The second kappa shape index (κ2) is 9.55. The fourth-order valence-corrected chi connectivity index (χ4v) is 3.85.